The lowest BCUT2D eigenvalue weighted by Gasteiger charge is -2.45. The molecule has 0 aromatic carbocycles. The Labute approximate surface area is 110 Å². The van der Waals surface area contributed by atoms with E-state index in [0.29, 0.717) is 11.8 Å². The number of rotatable bonds is 3. The van der Waals surface area contributed by atoms with Gasteiger partial charge in [-0.25, -0.2) is 0 Å². The van der Waals surface area contributed by atoms with Crippen molar-refractivity contribution in [2.75, 3.05) is 18.1 Å². The van der Waals surface area contributed by atoms with Gasteiger partial charge in [-0.15, -0.1) is 0 Å². The quantitative estimate of drug-likeness (QED) is 0.843. The third-order valence-corrected chi connectivity index (χ3v) is 6.22. The molecule has 1 spiro atoms. The van der Waals surface area contributed by atoms with Gasteiger partial charge in [-0.2, -0.15) is 11.8 Å². The van der Waals surface area contributed by atoms with E-state index in [4.69, 9.17) is 4.74 Å². The van der Waals surface area contributed by atoms with Crippen LogP contribution >= 0.6 is 11.8 Å². The molecular weight excluding hydrogens is 232 g/mol. The van der Waals surface area contributed by atoms with E-state index >= 15 is 0 Å². The van der Waals surface area contributed by atoms with Gasteiger partial charge in [0.25, 0.3) is 0 Å². The van der Waals surface area contributed by atoms with E-state index in [1.807, 2.05) is 18.7 Å². The highest BCUT2D eigenvalue weighted by molar-refractivity contribution is 7.99. The lowest BCUT2D eigenvalue weighted by atomic mass is 9.70. The molecule has 2 heterocycles. The first-order chi connectivity index (χ1) is 8.00. The SMILES string of the molecule is CCC(C)C(C)(O)C1CCOC2(CCSC2)C1. The van der Waals surface area contributed by atoms with Gasteiger partial charge >= 0.3 is 0 Å². The van der Waals surface area contributed by atoms with Gasteiger partial charge in [-0.1, -0.05) is 20.3 Å². The Hall–Kier alpha value is 0.270. The van der Waals surface area contributed by atoms with Crippen molar-refractivity contribution < 1.29 is 9.84 Å². The number of ether oxygens (including phenoxy) is 1. The van der Waals surface area contributed by atoms with Gasteiger partial charge in [-0.3, -0.25) is 0 Å². The normalized spacial score (nSPS) is 39.2. The van der Waals surface area contributed by atoms with Crippen molar-refractivity contribution in [2.24, 2.45) is 11.8 Å². The molecule has 0 aliphatic carbocycles. The summed E-state index contributed by atoms with van der Waals surface area (Å²) in [6.07, 6.45) is 4.29. The Morgan fingerprint density at radius 1 is 1.59 bits per heavy atom. The molecule has 1 N–H and O–H groups in total. The molecule has 2 aliphatic rings. The monoisotopic (exact) mass is 258 g/mol. The van der Waals surface area contributed by atoms with Gasteiger partial charge < -0.3 is 9.84 Å². The minimum absolute atomic E-state index is 0.0883. The van der Waals surface area contributed by atoms with Crippen LogP contribution in [0.15, 0.2) is 0 Å². The van der Waals surface area contributed by atoms with Crippen molar-refractivity contribution in [3.05, 3.63) is 0 Å². The van der Waals surface area contributed by atoms with Gasteiger partial charge in [-0.05, 0) is 43.8 Å². The van der Waals surface area contributed by atoms with Crippen LogP contribution in [-0.2, 0) is 4.74 Å². The number of hydrogen-bond donors (Lipinski definition) is 1. The van der Waals surface area contributed by atoms with Crippen LogP contribution in [0.4, 0.5) is 0 Å². The summed E-state index contributed by atoms with van der Waals surface area (Å²) >= 11 is 2.00. The Morgan fingerprint density at radius 3 is 2.94 bits per heavy atom. The second-order valence-electron chi connectivity index (χ2n) is 6.06. The summed E-state index contributed by atoms with van der Waals surface area (Å²) in [6, 6.07) is 0. The highest BCUT2D eigenvalue weighted by Crippen LogP contribution is 2.45. The van der Waals surface area contributed by atoms with Crippen LogP contribution < -0.4 is 0 Å². The largest absolute Gasteiger partial charge is 0.390 e. The maximum atomic E-state index is 10.8. The fourth-order valence-electron chi connectivity index (χ4n) is 3.21. The molecule has 0 aromatic rings. The number of hydrogen-bond acceptors (Lipinski definition) is 3. The summed E-state index contributed by atoms with van der Waals surface area (Å²) in [4.78, 5) is 0. The number of thioether (sulfide) groups is 1. The zero-order valence-corrected chi connectivity index (χ0v) is 12.2. The zero-order chi connectivity index (χ0) is 12.5. The molecule has 100 valence electrons. The Kier molecular flexibility index (Phi) is 4.11. The Morgan fingerprint density at radius 2 is 2.35 bits per heavy atom. The lowest BCUT2D eigenvalue weighted by molar-refractivity contribution is -0.142. The van der Waals surface area contributed by atoms with Crippen LogP contribution in [0.1, 0.15) is 46.5 Å². The molecule has 2 fully saturated rings. The molecule has 4 atom stereocenters. The molecular formula is C14H26O2S. The minimum Gasteiger partial charge on any atom is -0.390 e. The average Bonchev–Trinajstić information content (AvgIpc) is 2.76. The minimum atomic E-state index is -0.529. The van der Waals surface area contributed by atoms with Gasteiger partial charge in [0.15, 0.2) is 0 Å². The second-order valence-corrected chi connectivity index (χ2v) is 7.16. The smallest absolute Gasteiger partial charge is 0.0784 e. The van der Waals surface area contributed by atoms with Crippen molar-refractivity contribution in [1.82, 2.24) is 0 Å². The highest BCUT2D eigenvalue weighted by atomic mass is 32.2. The molecule has 2 aliphatic heterocycles. The van der Waals surface area contributed by atoms with E-state index in [2.05, 4.69) is 13.8 Å². The van der Waals surface area contributed by atoms with Crippen molar-refractivity contribution in [2.45, 2.75) is 57.7 Å². The van der Waals surface area contributed by atoms with E-state index in [1.54, 1.807) is 0 Å². The van der Waals surface area contributed by atoms with E-state index in [-0.39, 0.29) is 5.60 Å². The van der Waals surface area contributed by atoms with Crippen molar-refractivity contribution in [3.63, 3.8) is 0 Å². The third kappa shape index (κ3) is 2.66. The second kappa shape index (κ2) is 5.10. The Balaban J connectivity index is 2.06. The molecule has 0 saturated carbocycles. The molecule has 0 radical (unpaired) electrons. The van der Waals surface area contributed by atoms with Gasteiger partial charge in [0.2, 0.25) is 0 Å². The standard InChI is InChI=1S/C14H26O2S/c1-4-11(2)13(3,15)12-5-7-16-14(9-12)6-8-17-10-14/h11-12,15H,4-10H2,1-3H3. The van der Waals surface area contributed by atoms with Gasteiger partial charge in [0, 0.05) is 12.4 Å². The lowest BCUT2D eigenvalue weighted by Crippen LogP contribution is -2.50. The van der Waals surface area contributed by atoms with E-state index < -0.39 is 5.60 Å². The molecule has 4 unspecified atom stereocenters. The van der Waals surface area contributed by atoms with Crippen LogP contribution in [0.25, 0.3) is 0 Å². The summed E-state index contributed by atoms with van der Waals surface area (Å²) in [5.41, 5.74) is -0.441. The van der Waals surface area contributed by atoms with Crippen LogP contribution in [0.5, 0.6) is 0 Å². The van der Waals surface area contributed by atoms with Crippen LogP contribution in [0.2, 0.25) is 0 Å². The molecule has 0 aromatic heterocycles. The maximum absolute atomic E-state index is 10.8. The van der Waals surface area contributed by atoms with Crippen molar-refractivity contribution in [1.29, 1.82) is 0 Å². The Bertz CT molecular complexity index is 259. The first-order valence-electron chi connectivity index (χ1n) is 6.94. The molecule has 17 heavy (non-hydrogen) atoms. The summed E-state index contributed by atoms with van der Waals surface area (Å²) in [6.45, 7) is 7.20. The first-order valence-corrected chi connectivity index (χ1v) is 8.10. The van der Waals surface area contributed by atoms with Gasteiger partial charge in [0.05, 0.1) is 11.2 Å². The van der Waals surface area contributed by atoms with Gasteiger partial charge in [0.1, 0.15) is 0 Å². The molecule has 0 bridgehead atoms. The fraction of sp³-hybridized carbons (Fsp3) is 1.00. The third-order valence-electron chi connectivity index (χ3n) is 5.00. The average molecular weight is 258 g/mol. The predicted octanol–water partition coefficient (Wildman–Crippen LogP) is 3.09. The molecule has 2 saturated heterocycles. The summed E-state index contributed by atoms with van der Waals surface area (Å²) in [7, 11) is 0. The van der Waals surface area contributed by atoms with Crippen molar-refractivity contribution in [3.8, 4) is 0 Å². The van der Waals surface area contributed by atoms with Crippen LogP contribution in [0, 0.1) is 11.8 Å². The van der Waals surface area contributed by atoms with E-state index in [1.165, 1.54) is 12.2 Å². The maximum Gasteiger partial charge on any atom is 0.0784 e. The molecule has 3 heteroatoms. The molecule has 0 amide bonds. The highest BCUT2D eigenvalue weighted by Gasteiger charge is 2.46. The topological polar surface area (TPSA) is 29.5 Å². The molecule has 2 rings (SSSR count). The van der Waals surface area contributed by atoms with Crippen LogP contribution in [-0.4, -0.2) is 34.4 Å². The summed E-state index contributed by atoms with van der Waals surface area (Å²) in [5.74, 6) is 3.12. The summed E-state index contributed by atoms with van der Waals surface area (Å²) in [5, 5.41) is 10.8. The predicted molar refractivity (Wildman–Crippen MR) is 73.4 cm³/mol. The summed E-state index contributed by atoms with van der Waals surface area (Å²) < 4.78 is 6.03. The zero-order valence-electron chi connectivity index (χ0n) is 11.4. The van der Waals surface area contributed by atoms with E-state index in [9.17, 15) is 5.11 Å². The first kappa shape index (κ1) is 13.7. The van der Waals surface area contributed by atoms with E-state index in [0.717, 1.165) is 31.6 Å². The number of aliphatic hydroxyl groups is 1. The molecule has 2 nitrogen and oxygen atoms in total. The van der Waals surface area contributed by atoms with Crippen LogP contribution in [0.3, 0.4) is 0 Å². The van der Waals surface area contributed by atoms with Crippen molar-refractivity contribution >= 4 is 11.8 Å². The fourth-order valence-corrected chi connectivity index (χ4v) is 4.58.